The van der Waals surface area contributed by atoms with Crippen molar-refractivity contribution >= 4 is 8.56 Å². The van der Waals surface area contributed by atoms with E-state index in [9.17, 15) is 0 Å². The zero-order chi connectivity index (χ0) is 20.9. The molecule has 0 amide bonds. The molecule has 0 heterocycles. The molecule has 28 heavy (non-hydrogen) atoms. The second-order valence-corrected chi connectivity index (χ2v) is 11.2. The molecule has 0 aromatic heterocycles. The van der Waals surface area contributed by atoms with Crippen molar-refractivity contribution in [3.8, 4) is 0 Å². The van der Waals surface area contributed by atoms with Gasteiger partial charge in [0.15, 0.2) is 0 Å². The largest absolute Gasteiger partial charge is 0.392 e. The van der Waals surface area contributed by atoms with Crippen molar-refractivity contribution in [2.75, 3.05) is 39.6 Å². The minimum Gasteiger partial charge on any atom is -0.392 e. The Morgan fingerprint density at radius 2 is 1.07 bits per heavy atom. The van der Waals surface area contributed by atoms with Crippen LogP contribution in [0.5, 0.6) is 0 Å². The molecule has 0 aliphatic carbocycles. The zero-order valence-corrected chi connectivity index (χ0v) is 20.7. The van der Waals surface area contributed by atoms with Gasteiger partial charge in [-0.1, -0.05) is 72.1 Å². The van der Waals surface area contributed by atoms with Crippen molar-refractivity contribution in [1.82, 2.24) is 0 Å². The molecule has 0 radical (unpaired) electrons. The highest BCUT2D eigenvalue weighted by atomic mass is 28.4. The van der Waals surface area contributed by atoms with E-state index >= 15 is 0 Å². The highest BCUT2D eigenvalue weighted by Crippen LogP contribution is 2.38. The fourth-order valence-electron chi connectivity index (χ4n) is 3.76. The van der Waals surface area contributed by atoms with Gasteiger partial charge in [0.05, 0.1) is 26.4 Å². The van der Waals surface area contributed by atoms with E-state index in [0.29, 0.717) is 32.0 Å². The van der Waals surface area contributed by atoms with E-state index in [1.165, 1.54) is 64.2 Å². The third kappa shape index (κ3) is 13.3. The van der Waals surface area contributed by atoms with E-state index in [0.717, 1.165) is 19.3 Å². The Kier molecular flexibility index (Phi) is 20.4. The maximum absolute atomic E-state index is 6.68. The monoisotopic (exact) mass is 418 g/mol. The van der Waals surface area contributed by atoms with E-state index in [-0.39, 0.29) is 0 Å². The highest BCUT2D eigenvalue weighted by Gasteiger charge is 2.44. The van der Waals surface area contributed by atoms with Crippen LogP contribution in [-0.2, 0) is 18.3 Å². The molecule has 0 aliphatic heterocycles. The Morgan fingerprint density at radius 3 is 1.57 bits per heavy atom. The summed E-state index contributed by atoms with van der Waals surface area (Å²) in [5.41, 5.74) is 0.583. The fraction of sp³-hybridized carbons (Fsp3) is 1.00. The molecule has 170 valence electrons. The van der Waals surface area contributed by atoms with E-state index < -0.39 is 8.56 Å². The van der Waals surface area contributed by atoms with Crippen molar-refractivity contribution in [2.24, 2.45) is 0 Å². The predicted octanol–water partition coefficient (Wildman–Crippen LogP) is 6.87. The topological polar surface area (TPSA) is 36.9 Å². The van der Waals surface area contributed by atoms with E-state index in [4.69, 9.17) is 18.3 Å². The number of hydrogen-bond acceptors (Lipinski definition) is 4. The molecule has 0 rings (SSSR count). The molecule has 0 N–H and O–H groups in total. The molecule has 0 spiro atoms. The standard InChI is InChI=1S/C23H50O4Si/c1-6-11-14-17-23(16-13-8-3)28(22-15-12-7-2,26-20-18-24-9-4)27-21-19-25-10-5/h23H,6-22H2,1-5H3. The molecule has 1 unspecified atom stereocenters. The Morgan fingerprint density at radius 1 is 0.571 bits per heavy atom. The summed E-state index contributed by atoms with van der Waals surface area (Å²) in [7, 11) is -2.31. The van der Waals surface area contributed by atoms with Crippen LogP contribution >= 0.6 is 0 Å². The van der Waals surface area contributed by atoms with Crippen LogP contribution in [0.3, 0.4) is 0 Å². The average molecular weight is 419 g/mol. The van der Waals surface area contributed by atoms with Crippen LogP contribution in [0.4, 0.5) is 0 Å². The van der Waals surface area contributed by atoms with Gasteiger partial charge < -0.3 is 18.3 Å². The van der Waals surface area contributed by atoms with Gasteiger partial charge in [-0.25, -0.2) is 0 Å². The molecular formula is C23H50O4Si. The van der Waals surface area contributed by atoms with Gasteiger partial charge in [-0.2, -0.15) is 0 Å². The summed E-state index contributed by atoms with van der Waals surface area (Å²) in [5, 5.41) is 0. The van der Waals surface area contributed by atoms with Gasteiger partial charge in [-0.05, 0) is 32.7 Å². The van der Waals surface area contributed by atoms with Crippen LogP contribution in [0.15, 0.2) is 0 Å². The van der Waals surface area contributed by atoms with Crippen molar-refractivity contribution in [3.63, 3.8) is 0 Å². The van der Waals surface area contributed by atoms with E-state index in [2.05, 4.69) is 20.8 Å². The molecule has 0 saturated carbocycles. The first-order chi connectivity index (χ1) is 13.7. The molecule has 0 fully saturated rings. The third-order valence-electron chi connectivity index (χ3n) is 5.37. The van der Waals surface area contributed by atoms with Crippen LogP contribution in [-0.4, -0.2) is 48.2 Å². The second-order valence-electron chi connectivity index (χ2n) is 7.69. The van der Waals surface area contributed by atoms with Crippen LogP contribution in [0.2, 0.25) is 11.6 Å². The Hall–Kier alpha value is 0.0569. The number of hydrogen-bond donors (Lipinski definition) is 0. The normalized spacial score (nSPS) is 13.2. The van der Waals surface area contributed by atoms with E-state index in [1.807, 2.05) is 13.8 Å². The van der Waals surface area contributed by atoms with Crippen LogP contribution in [0, 0.1) is 0 Å². The zero-order valence-electron chi connectivity index (χ0n) is 19.7. The van der Waals surface area contributed by atoms with Gasteiger partial charge in [0.25, 0.3) is 0 Å². The molecule has 0 saturated heterocycles. The SMILES string of the molecule is CCCCCC(CCCC)[Si](CCCCC)(OCCOCC)OCCOCC. The minimum atomic E-state index is -2.31. The van der Waals surface area contributed by atoms with Gasteiger partial charge in [0.2, 0.25) is 0 Å². The summed E-state index contributed by atoms with van der Waals surface area (Å²) in [6.07, 6.45) is 12.5. The highest BCUT2D eigenvalue weighted by molar-refractivity contribution is 6.69. The average Bonchev–Trinajstić information content (AvgIpc) is 2.71. The van der Waals surface area contributed by atoms with Gasteiger partial charge in [0.1, 0.15) is 0 Å². The molecule has 1 atom stereocenters. The quantitative estimate of drug-likeness (QED) is 0.142. The Bertz CT molecular complexity index is 303. The summed E-state index contributed by atoms with van der Waals surface area (Å²) in [6, 6.07) is 1.11. The van der Waals surface area contributed by atoms with Crippen molar-refractivity contribution < 1.29 is 18.3 Å². The summed E-state index contributed by atoms with van der Waals surface area (Å²) in [6.45, 7) is 15.1. The van der Waals surface area contributed by atoms with Gasteiger partial charge in [0, 0.05) is 18.8 Å². The van der Waals surface area contributed by atoms with Crippen molar-refractivity contribution in [3.05, 3.63) is 0 Å². The minimum absolute atomic E-state index is 0.583. The first-order valence-electron chi connectivity index (χ1n) is 12.1. The molecule has 5 heteroatoms. The van der Waals surface area contributed by atoms with Crippen molar-refractivity contribution in [1.29, 1.82) is 0 Å². The fourth-order valence-corrected chi connectivity index (χ4v) is 7.90. The van der Waals surface area contributed by atoms with Crippen molar-refractivity contribution in [2.45, 2.75) is 110 Å². The Balaban J connectivity index is 5.31. The molecular weight excluding hydrogens is 368 g/mol. The predicted molar refractivity (Wildman–Crippen MR) is 122 cm³/mol. The van der Waals surface area contributed by atoms with Crippen LogP contribution in [0.1, 0.15) is 98.8 Å². The lowest BCUT2D eigenvalue weighted by Crippen LogP contribution is -2.48. The first kappa shape index (κ1) is 28.1. The lowest BCUT2D eigenvalue weighted by molar-refractivity contribution is 0.0593. The lowest BCUT2D eigenvalue weighted by atomic mass is 10.1. The first-order valence-corrected chi connectivity index (χ1v) is 14.2. The number of unbranched alkanes of at least 4 members (excludes halogenated alkanes) is 5. The molecule has 0 aliphatic rings. The molecule has 0 bridgehead atoms. The summed E-state index contributed by atoms with van der Waals surface area (Å²) in [5.74, 6) is 0. The summed E-state index contributed by atoms with van der Waals surface area (Å²) >= 11 is 0. The third-order valence-corrected chi connectivity index (χ3v) is 9.63. The lowest BCUT2D eigenvalue weighted by Gasteiger charge is -2.38. The summed E-state index contributed by atoms with van der Waals surface area (Å²) in [4.78, 5) is 0. The van der Waals surface area contributed by atoms with E-state index in [1.54, 1.807) is 0 Å². The second kappa shape index (κ2) is 20.3. The van der Waals surface area contributed by atoms with Crippen LogP contribution < -0.4 is 0 Å². The molecule has 0 aromatic carbocycles. The maximum atomic E-state index is 6.68. The number of rotatable bonds is 22. The molecule has 0 aromatic rings. The smallest absolute Gasteiger partial charge is 0.341 e. The van der Waals surface area contributed by atoms with Crippen LogP contribution in [0.25, 0.3) is 0 Å². The summed E-state index contributed by atoms with van der Waals surface area (Å²) < 4.78 is 24.5. The van der Waals surface area contributed by atoms with Gasteiger partial charge in [-0.15, -0.1) is 0 Å². The Labute approximate surface area is 177 Å². The maximum Gasteiger partial charge on any atom is 0.341 e. The molecule has 4 nitrogen and oxygen atoms in total. The number of ether oxygens (including phenoxy) is 2. The van der Waals surface area contributed by atoms with Gasteiger partial charge in [-0.3, -0.25) is 0 Å². The van der Waals surface area contributed by atoms with Gasteiger partial charge >= 0.3 is 8.56 Å².